The second-order valence-corrected chi connectivity index (χ2v) is 3.92. The predicted octanol–water partition coefficient (Wildman–Crippen LogP) is 1.84. The molecule has 7 heteroatoms. The van der Waals surface area contributed by atoms with Crippen LogP contribution in [0.1, 0.15) is 5.82 Å². The molecule has 2 aromatic rings. The first-order valence-electron chi connectivity index (χ1n) is 3.40. The number of aromatic nitrogens is 4. The molecule has 0 radical (unpaired) electrons. The van der Waals surface area contributed by atoms with Crippen molar-refractivity contribution in [2.45, 2.75) is 6.54 Å². The molecular formula is C6H4Br2N4O. The molecule has 2 rings (SSSR count). The molecule has 0 saturated carbocycles. The fourth-order valence-corrected chi connectivity index (χ4v) is 2.01. The van der Waals surface area contributed by atoms with E-state index < -0.39 is 0 Å². The van der Waals surface area contributed by atoms with E-state index in [9.17, 15) is 0 Å². The highest BCUT2D eigenvalue weighted by Gasteiger charge is 2.06. The zero-order valence-electron chi connectivity index (χ0n) is 6.31. The van der Waals surface area contributed by atoms with Crippen LogP contribution in [0.25, 0.3) is 0 Å². The van der Waals surface area contributed by atoms with E-state index in [0.717, 1.165) is 9.21 Å². The zero-order valence-corrected chi connectivity index (χ0v) is 9.49. The highest BCUT2D eigenvalue weighted by molar-refractivity contribution is 9.11. The Morgan fingerprint density at radius 1 is 1.46 bits per heavy atom. The standard InChI is InChI=1S/C6H4Br2N4O/c7-4-1-5(8)12(10-4)2-6-9-3-13-11-6/h1,3H,2H2. The van der Waals surface area contributed by atoms with E-state index in [1.807, 2.05) is 6.07 Å². The van der Waals surface area contributed by atoms with Crippen molar-refractivity contribution in [3.05, 3.63) is 27.5 Å². The summed E-state index contributed by atoms with van der Waals surface area (Å²) in [6.07, 6.45) is 1.29. The fourth-order valence-electron chi connectivity index (χ4n) is 0.872. The van der Waals surface area contributed by atoms with Crippen molar-refractivity contribution in [1.29, 1.82) is 0 Å². The maximum Gasteiger partial charge on any atom is 0.213 e. The summed E-state index contributed by atoms with van der Waals surface area (Å²) in [6, 6.07) is 1.85. The van der Waals surface area contributed by atoms with Gasteiger partial charge < -0.3 is 4.52 Å². The molecular weight excluding hydrogens is 304 g/mol. The van der Waals surface area contributed by atoms with E-state index in [1.54, 1.807) is 4.68 Å². The number of nitrogens with zero attached hydrogens (tertiary/aromatic N) is 4. The van der Waals surface area contributed by atoms with Crippen LogP contribution in [0.15, 0.2) is 26.2 Å². The summed E-state index contributed by atoms with van der Waals surface area (Å²) in [6.45, 7) is 0.489. The van der Waals surface area contributed by atoms with Gasteiger partial charge in [0.25, 0.3) is 0 Å². The monoisotopic (exact) mass is 306 g/mol. The molecule has 2 aromatic heterocycles. The van der Waals surface area contributed by atoms with Crippen molar-refractivity contribution in [2.75, 3.05) is 0 Å². The highest BCUT2D eigenvalue weighted by atomic mass is 79.9. The quantitative estimate of drug-likeness (QED) is 0.849. The molecule has 5 nitrogen and oxygen atoms in total. The Hall–Kier alpha value is -0.690. The van der Waals surface area contributed by atoms with Gasteiger partial charge in [-0.3, -0.25) is 0 Å². The van der Waals surface area contributed by atoms with Gasteiger partial charge in [0.15, 0.2) is 5.82 Å². The Morgan fingerprint density at radius 2 is 2.31 bits per heavy atom. The molecule has 0 aliphatic heterocycles. The fraction of sp³-hybridized carbons (Fsp3) is 0.167. The van der Waals surface area contributed by atoms with Crippen LogP contribution < -0.4 is 0 Å². The van der Waals surface area contributed by atoms with Gasteiger partial charge in [-0.15, -0.1) is 0 Å². The molecule has 0 aliphatic carbocycles. The Kier molecular flexibility index (Phi) is 2.45. The summed E-state index contributed by atoms with van der Waals surface area (Å²) < 4.78 is 7.95. The van der Waals surface area contributed by atoms with Crippen molar-refractivity contribution in [3.8, 4) is 0 Å². The number of rotatable bonds is 2. The average molecular weight is 308 g/mol. The summed E-state index contributed by atoms with van der Waals surface area (Å²) in [5.41, 5.74) is 0. The molecule has 0 N–H and O–H groups in total. The summed E-state index contributed by atoms with van der Waals surface area (Å²) in [5, 5.41) is 7.83. The van der Waals surface area contributed by atoms with Crippen LogP contribution in [-0.2, 0) is 6.54 Å². The molecule has 0 amide bonds. The minimum absolute atomic E-state index is 0.489. The first-order chi connectivity index (χ1) is 6.25. The van der Waals surface area contributed by atoms with E-state index >= 15 is 0 Å². The van der Waals surface area contributed by atoms with Gasteiger partial charge in [0.05, 0.1) is 0 Å². The first-order valence-corrected chi connectivity index (χ1v) is 4.98. The maximum atomic E-state index is 4.60. The van der Waals surface area contributed by atoms with Crippen LogP contribution in [0.2, 0.25) is 0 Å². The smallest absolute Gasteiger partial charge is 0.213 e. The van der Waals surface area contributed by atoms with Crippen LogP contribution in [-0.4, -0.2) is 19.9 Å². The van der Waals surface area contributed by atoms with Gasteiger partial charge in [-0.2, -0.15) is 10.1 Å². The summed E-state index contributed by atoms with van der Waals surface area (Å²) in [5.74, 6) is 0.594. The van der Waals surface area contributed by atoms with Gasteiger partial charge in [0.2, 0.25) is 6.39 Å². The topological polar surface area (TPSA) is 56.7 Å². The lowest BCUT2D eigenvalue weighted by atomic mass is 10.6. The molecule has 0 unspecified atom stereocenters. The van der Waals surface area contributed by atoms with E-state index in [2.05, 4.69) is 51.6 Å². The summed E-state index contributed by atoms with van der Waals surface area (Å²) in [7, 11) is 0. The van der Waals surface area contributed by atoms with Crippen LogP contribution in [0, 0.1) is 0 Å². The van der Waals surface area contributed by atoms with E-state index in [-0.39, 0.29) is 0 Å². The highest BCUT2D eigenvalue weighted by Crippen LogP contribution is 2.16. The van der Waals surface area contributed by atoms with Gasteiger partial charge in [-0.1, -0.05) is 5.16 Å². The van der Waals surface area contributed by atoms with Gasteiger partial charge in [0, 0.05) is 6.07 Å². The zero-order chi connectivity index (χ0) is 9.26. The van der Waals surface area contributed by atoms with Crippen molar-refractivity contribution in [2.24, 2.45) is 0 Å². The Bertz CT molecular complexity index is 397. The molecule has 0 aliphatic rings. The Morgan fingerprint density at radius 3 is 2.85 bits per heavy atom. The predicted molar refractivity (Wildman–Crippen MR) is 51.0 cm³/mol. The van der Waals surface area contributed by atoms with E-state index in [0.29, 0.717) is 12.4 Å². The Balaban J connectivity index is 2.23. The van der Waals surface area contributed by atoms with Crippen molar-refractivity contribution < 1.29 is 4.52 Å². The lowest BCUT2D eigenvalue weighted by Gasteiger charge is -1.96. The minimum Gasteiger partial charge on any atom is -0.343 e. The first kappa shape index (κ1) is 8.89. The van der Waals surface area contributed by atoms with Gasteiger partial charge in [0.1, 0.15) is 15.8 Å². The number of hydrogen-bond donors (Lipinski definition) is 0. The third-order valence-corrected chi connectivity index (χ3v) is 2.42. The minimum atomic E-state index is 0.489. The number of hydrogen-bond acceptors (Lipinski definition) is 4. The van der Waals surface area contributed by atoms with Crippen molar-refractivity contribution in [1.82, 2.24) is 19.9 Å². The lowest BCUT2D eigenvalue weighted by Crippen LogP contribution is -2.03. The van der Waals surface area contributed by atoms with Crippen LogP contribution in [0.4, 0.5) is 0 Å². The van der Waals surface area contributed by atoms with Crippen molar-refractivity contribution >= 4 is 31.9 Å². The Labute approximate surface area is 90.4 Å². The third-order valence-electron chi connectivity index (χ3n) is 1.40. The van der Waals surface area contributed by atoms with Crippen LogP contribution in [0.3, 0.4) is 0 Å². The molecule has 0 aromatic carbocycles. The second kappa shape index (κ2) is 3.59. The number of halogens is 2. The SMILES string of the molecule is Brc1cc(Br)n(Cc2ncon2)n1. The van der Waals surface area contributed by atoms with Crippen LogP contribution in [0.5, 0.6) is 0 Å². The largest absolute Gasteiger partial charge is 0.343 e. The van der Waals surface area contributed by atoms with Gasteiger partial charge in [-0.25, -0.2) is 4.68 Å². The molecule has 0 saturated heterocycles. The molecule has 0 atom stereocenters. The van der Waals surface area contributed by atoms with E-state index in [1.165, 1.54) is 6.39 Å². The van der Waals surface area contributed by atoms with Gasteiger partial charge in [-0.05, 0) is 31.9 Å². The molecule has 68 valence electrons. The lowest BCUT2D eigenvalue weighted by molar-refractivity contribution is 0.406. The average Bonchev–Trinajstić information content (AvgIpc) is 2.63. The normalized spacial score (nSPS) is 10.6. The maximum absolute atomic E-state index is 4.60. The molecule has 0 bridgehead atoms. The van der Waals surface area contributed by atoms with Crippen LogP contribution >= 0.6 is 31.9 Å². The van der Waals surface area contributed by atoms with E-state index in [4.69, 9.17) is 0 Å². The summed E-state index contributed by atoms with van der Waals surface area (Å²) in [4.78, 5) is 3.89. The third kappa shape index (κ3) is 1.97. The molecule has 0 fully saturated rings. The molecule has 2 heterocycles. The second-order valence-electron chi connectivity index (χ2n) is 2.29. The van der Waals surface area contributed by atoms with Gasteiger partial charge >= 0.3 is 0 Å². The molecule has 13 heavy (non-hydrogen) atoms. The summed E-state index contributed by atoms with van der Waals surface area (Å²) >= 11 is 6.61. The molecule has 0 spiro atoms. The van der Waals surface area contributed by atoms with Crippen molar-refractivity contribution in [3.63, 3.8) is 0 Å².